The third-order valence-corrected chi connectivity index (χ3v) is 10.0. The largest absolute Gasteiger partial charge is 0.351 e. The second-order valence-corrected chi connectivity index (χ2v) is 14.2. The average Bonchev–Trinajstić information content (AvgIpc) is 3.25. The summed E-state index contributed by atoms with van der Waals surface area (Å²) < 4.78 is 12.1. The Morgan fingerprint density at radius 3 is 1.75 bits per heavy atom. The van der Waals surface area contributed by atoms with Crippen molar-refractivity contribution in [1.29, 1.82) is 0 Å². The molecule has 0 aliphatic heterocycles. The van der Waals surface area contributed by atoms with Gasteiger partial charge in [0.1, 0.15) is 11.6 Å². The van der Waals surface area contributed by atoms with Crippen LogP contribution in [0, 0.1) is 0 Å². The van der Waals surface area contributed by atoms with Gasteiger partial charge in [0.05, 0.1) is 19.0 Å². The highest BCUT2D eigenvalue weighted by molar-refractivity contribution is 5.94. The first kappa shape index (κ1) is 44.0. The van der Waals surface area contributed by atoms with E-state index in [9.17, 15) is 14.4 Å². The predicted molar refractivity (Wildman–Crippen MR) is 230 cm³/mol. The molecule has 0 bridgehead atoms. The van der Waals surface area contributed by atoms with Crippen LogP contribution < -0.4 is 21.4 Å². The lowest BCUT2D eigenvalue weighted by Crippen LogP contribution is -2.58. The molecule has 0 aliphatic carbocycles. The molecular formula is C47H56N6O6. The predicted octanol–water partition coefficient (Wildman–Crippen LogP) is 6.11. The normalized spacial score (nSPS) is 12.5. The Balaban J connectivity index is 1.58. The van der Waals surface area contributed by atoms with E-state index in [4.69, 9.17) is 9.47 Å². The third-order valence-electron chi connectivity index (χ3n) is 10.0. The average molecular weight is 801 g/mol. The fourth-order valence-electron chi connectivity index (χ4n) is 7.33. The zero-order valence-corrected chi connectivity index (χ0v) is 34.5. The van der Waals surface area contributed by atoms with E-state index in [1.807, 2.05) is 154 Å². The molecule has 0 saturated heterocycles. The number of hydrogen-bond donors (Lipinski definition) is 4. The summed E-state index contributed by atoms with van der Waals surface area (Å²) in [5, 5.41) is 12.1. The van der Waals surface area contributed by atoms with Gasteiger partial charge in [-0.05, 0) is 60.7 Å². The number of likely N-dealkylation sites (N-methyl/N-ethyl adjacent to an activating group) is 1. The lowest BCUT2D eigenvalue weighted by Gasteiger charge is -2.38. The van der Waals surface area contributed by atoms with Crippen molar-refractivity contribution >= 4 is 34.5 Å². The van der Waals surface area contributed by atoms with Crippen LogP contribution in [0.4, 0.5) is 4.79 Å². The van der Waals surface area contributed by atoms with Crippen LogP contribution in [-0.4, -0.2) is 85.4 Å². The van der Waals surface area contributed by atoms with Crippen molar-refractivity contribution in [1.82, 2.24) is 31.3 Å². The first-order valence-corrected chi connectivity index (χ1v) is 20.1. The highest BCUT2D eigenvalue weighted by Crippen LogP contribution is 2.37. The van der Waals surface area contributed by atoms with E-state index >= 15 is 4.79 Å². The molecule has 310 valence electrons. The molecule has 0 unspecified atom stereocenters. The van der Waals surface area contributed by atoms with Gasteiger partial charge in [-0.15, -0.1) is 0 Å². The Bertz CT molecular complexity index is 2010. The van der Waals surface area contributed by atoms with Gasteiger partial charge in [0.25, 0.3) is 0 Å². The molecule has 5 rings (SSSR count). The molecule has 0 fully saturated rings. The molecule has 0 heterocycles. The van der Waals surface area contributed by atoms with Gasteiger partial charge >= 0.3 is 6.03 Å². The summed E-state index contributed by atoms with van der Waals surface area (Å²) >= 11 is 0. The Kier molecular flexibility index (Phi) is 16.1. The number of nitrogens with one attached hydrogen (secondary N) is 4. The van der Waals surface area contributed by atoms with Crippen molar-refractivity contribution in [2.24, 2.45) is 0 Å². The van der Waals surface area contributed by atoms with Gasteiger partial charge in [-0.1, -0.05) is 133 Å². The number of nitrogens with zero attached hydrogens (tertiary/aromatic N) is 2. The Hall–Kier alpha value is -6.08. The number of benzene rings is 5. The van der Waals surface area contributed by atoms with Crippen molar-refractivity contribution in [3.63, 3.8) is 0 Å². The van der Waals surface area contributed by atoms with Crippen LogP contribution in [0.1, 0.15) is 56.4 Å². The smallest absolute Gasteiger partial charge is 0.329 e. The number of carbonyl (C=O) groups is 4. The summed E-state index contributed by atoms with van der Waals surface area (Å²) in [4.78, 5) is 57.8. The van der Waals surface area contributed by atoms with Crippen LogP contribution >= 0.6 is 0 Å². The minimum atomic E-state index is -1.35. The first-order chi connectivity index (χ1) is 28.6. The minimum absolute atomic E-state index is 0.132. The van der Waals surface area contributed by atoms with Crippen LogP contribution in [-0.2, 0) is 35.9 Å². The third kappa shape index (κ3) is 11.3. The quantitative estimate of drug-likeness (QED) is 0.0424. The summed E-state index contributed by atoms with van der Waals surface area (Å²) in [5.41, 5.74) is 4.70. The van der Waals surface area contributed by atoms with Crippen molar-refractivity contribution in [3.8, 4) is 0 Å². The zero-order valence-electron chi connectivity index (χ0n) is 34.5. The fraction of sp³-hybridized carbons (Fsp3) is 0.319. The Morgan fingerprint density at radius 2 is 1.20 bits per heavy atom. The van der Waals surface area contributed by atoms with Crippen molar-refractivity contribution < 1.29 is 28.7 Å². The number of urea groups is 1. The lowest BCUT2D eigenvalue weighted by molar-refractivity contribution is -0.180. The Labute approximate surface area is 347 Å². The number of carbonyl (C=O) groups excluding carboxylic acids is 4. The maximum absolute atomic E-state index is 15.3. The second-order valence-electron chi connectivity index (χ2n) is 14.2. The number of fused-ring (bicyclic) bond motifs is 1. The van der Waals surface area contributed by atoms with E-state index in [0.29, 0.717) is 19.8 Å². The van der Waals surface area contributed by atoms with E-state index in [-0.39, 0.29) is 13.1 Å². The Morgan fingerprint density at radius 1 is 0.678 bits per heavy atom. The van der Waals surface area contributed by atoms with Gasteiger partial charge in [-0.2, -0.15) is 0 Å². The molecule has 5 amide bonds. The van der Waals surface area contributed by atoms with Gasteiger partial charge in [0, 0.05) is 33.4 Å². The number of ether oxygens (including phenoxy) is 2. The fourth-order valence-corrected chi connectivity index (χ4v) is 7.33. The van der Waals surface area contributed by atoms with Crippen molar-refractivity contribution in [2.45, 2.75) is 64.6 Å². The standard InChI is InChI=1S/C47H56N6O6/c1-6-48-46(57)51-52(5)33-43(55)49-41(44(56)53(34(4)45(58-7-2)59-8-3)32-36-23-20-22-35-21-18-19-30-40(35)36)31-42(54)50-47(37-24-12-9-13-25-37,38-26-14-10-15-27-38)39-28-16-11-17-29-39/h9-30,34,41,45H,6-8,31-33H2,1-5H3,(H,49,55)(H,50,54)(H2,48,51,57)/t34-,41-/m0/s1. The summed E-state index contributed by atoms with van der Waals surface area (Å²) in [7, 11) is 1.54. The summed E-state index contributed by atoms with van der Waals surface area (Å²) in [6, 6.07) is 40.3. The van der Waals surface area contributed by atoms with E-state index in [0.717, 1.165) is 33.0 Å². The van der Waals surface area contributed by atoms with E-state index in [1.165, 1.54) is 12.1 Å². The summed E-state index contributed by atoms with van der Waals surface area (Å²) in [5.74, 6) is -1.58. The molecule has 5 aromatic rings. The molecule has 12 heteroatoms. The van der Waals surface area contributed by atoms with Gasteiger partial charge in [-0.25, -0.2) is 9.80 Å². The zero-order chi connectivity index (χ0) is 42.2. The number of rotatable bonds is 20. The summed E-state index contributed by atoms with van der Waals surface area (Å²) in [6.45, 7) is 8.22. The highest BCUT2D eigenvalue weighted by Gasteiger charge is 2.40. The molecule has 12 nitrogen and oxygen atoms in total. The molecule has 0 spiro atoms. The van der Waals surface area contributed by atoms with Crippen molar-refractivity contribution in [2.75, 3.05) is 33.4 Å². The monoisotopic (exact) mass is 800 g/mol. The van der Waals surface area contributed by atoms with Crippen LogP contribution in [0.5, 0.6) is 0 Å². The van der Waals surface area contributed by atoms with Crippen LogP contribution in [0.3, 0.4) is 0 Å². The van der Waals surface area contributed by atoms with Crippen LogP contribution in [0.15, 0.2) is 133 Å². The van der Waals surface area contributed by atoms with Crippen LogP contribution in [0.2, 0.25) is 0 Å². The molecule has 0 aliphatic rings. The molecule has 0 saturated carbocycles. The van der Waals surface area contributed by atoms with Gasteiger partial charge in [0.2, 0.25) is 17.7 Å². The number of hydrazine groups is 1. The number of amides is 5. The molecule has 5 aromatic carbocycles. The second kappa shape index (κ2) is 21.6. The maximum atomic E-state index is 15.3. The lowest BCUT2D eigenvalue weighted by atomic mass is 9.77. The van der Waals surface area contributed by atoms with Gasteiger partial charge in [-0.3, -0.25) is 19.8 Å². The molecule has 0 aromatic heterocycles. The van der Waals surface area contributed by atoms with E-state index in [2.05, 4.69) is 21.4 Å². The maximum Gasteiger partial charge on any atom is 0.329 e. The molecule has 59 heavy (non-hydrogen) atoms. The van der Waals surface area contributed by atoms with Crippen molar-refractivity contribution in [3.05, 3.63) is 156 Å². The van der Waals surface area contributed by atoms with E-state index in [1.54, 1.807) is 11.8 Å². The van der Waals surface area contributed by atoms with Gasteiger partial charge in [0.15, 0.2) is 6.29 Å². The molecule has 2 atom stereocenters. The summed E-state index contributed by atoms with van der Waals surface area (Å²) in [6.07, 6.45) is -1.22. The SMILES string of the molecule is CCNC(=O)NN(C)CC(=O)N[C@@H](CC(=O)NC(c1ccccc1)(c1ccccc1)c1ccccc1)C(=O)N(Cc1cccc2ccccc12)[C@@H](C)C(OCC)OCC. The molecule has 4 N–H and O–H groups in total. The minimum Gasteiger partial charge on any atom is -0.351 e. The highest BCUT2D eigenvalue weighted by atomic mass is 16.7. The van der Waals surface area contributed by atoms with Gasteiger partial charge < -0.3 is 30.3 Å². The number of hydrogen-bond acceptors (Lipinski definition) is 7. The topological polar surface area (TPSA) is 141 Å². The molecular weight excluding hydrogens is 745 g/mol. The first-order valence-electron chi connectivity index (χ1n) is 20.1. The van der Waals surface area contributed by atoms with Crippen LogP contribution in [0.25, 0.3) is 10.8 Å². The molecule has 0 radical (unpaired) electrons. The van der Waals surface area contributed by atoms with E-state index < -0.39 is 54.1 Å².